The topological polar surface area (TPSA) is 77.8 Å². The van der Waals surface area contributed by atoms with Crippen LogP contribution in [0.4, 0.5) is 0 Å². The van der Waals surface area contributed by atoms with Crippen LogP contribution in [-0.2, 0) is 4.79 Å². The summed E-state index contributed by atoms with van der Waals surface area (Å²) in [5, 5.41) is 29.5. The van der Waals surface area contributed by atoms with Crippen molar-refractivity contribution in [2.45, 2.75) is 88.7 Å². The van der Waals surface area contributed by atoms with E-state index in [-0.39, 0.29) is 35.2 Å². The zero-order valence-electron chi connectivity index (χ0n) is 16.4. The average Bonchev–Trinajstić information content (AvgIpc) is 2.84. The number of aliphatic hydroxyl groups excluding tert-OH is 2. The Kier molecular flexibility index (Phi) is 8.84. The van der Waals surface area contributed by atoms with Crippen molar-refractivity contribution in [3.05, 3.63) is 24.3 Å². The van der Waals surface area contributed by atoms with Crippen LogP contribution in [-0.4, -0.2) is 38.9 Å². The molecule has 3 N–H and O–H groups in total. The zero-order chi connectivity index (χ0) is 19.9. The van der Waals surface area contributed by atoms with E-state index in [1.54, 1.807) is 0 Å². The number of unbranched alkanes of at least 4 members (excludes halogenated alkanes) is 1. The molecule has 0 radical (unpaired) electrons. The van der Waals surface area contributed by atoms with Gasteiger partial charge in [0.15, 0.2) is 0 Å². The number of carboxylic acid groups (broad SMARTS) is 1. The molecule has 0 amide bonds. The molecule has 27 heavy (non-hydrogen) atoms. The van der Waals surface area contributed by atoms with Gasteiger partial charge in [0.05, 0.1) is 12.2 Å². The van der Waals surface area contributed by atoms with Gasteiger partial charge in [-0.2, -0.15) is 0 Å². The number of carbonyl (C=O) groups is 1. The van der Waals surface area contributed by atoms with Gasteiger partial charge in [-0.25, -0.2) is 0 Å². The van der Waals surface area contributed by atoms with Gasteiger partial charge in [-0.3, -0.25) is 4.79 Å². The number of aliphatic hydroxyl groups is 2. The summed E-state index contributed by atoms with van der Waals surface area (Å²) >= 11 is 6.46. The van der Waals surface area contributed by atoms with Crippen LogP contribution in [0.2, 0.25) is 0 Å². The molecule has 5 heteroatoms. The van der Waals surface area contributed by atoms with Gasteiger partial charge in [0.1, 0.15) is 0 Å². The molecule has 5 atom stereocenters. The lowest BCUT2D eigenvalue weighted by atomic mass is 9.63. The monoisotopic (exact) mass is 398 g/mol. The Balaban J connectivity index is 1.83. The van der Waals surface area contributed by atoms with Crippen molar-refractivity contribution in [3.8, 4) is 0 Å². The summed E-state index contributed by atoms with van der Waals surface area (Å²) in [5.41, 5.74) is 0.103. The number of allylic oxidation sites excluding steroid dienone is 2. The van der Waals surface area contributed by atoms with Gasteiger partial charge >= 0.3 is 5.97 Å². The smallest absolute Gasteiger partial charge is 0.303 e. The highest BCUT2D eigenvalue weighted by molar-refractivity contribution is 6.21. The van der Waals surface area contributed by atoms with Crippen molar-refractivity contribution in [2.75, 3.05) is 0 Å². The second-order valence-electron chi connectivity index (χ2n) is 8.30. The summed E-state index contributed by atoms with van der Waals surface area (Å²) in [6.07, 6.45) is 15.5. The van der Waals surface area contributed by atoms with Crippen molar-refractivity contribution in [1.29, 1.82) is 0 Å². The molecule has 2 saturated carbocycles. The van der Waals surface area contributed by atoms with Gasteiger partial charge in [0, 0.05) is 17.7 Å². The zero-order valence-corrected chi connectivity index (χ0v) is 17.2. The number of carboxylic acids is 1. The van der Waals surface area contributed by atoms with Crippen molar-refractivity contribution in [1.82, 2.24) is 0 Å². The fourth-order valence-corrected chi connectivity index (χ4v) is 5.03. The van der Waals surface area contributed by atoms with Crippen molar-refractivity contribution < 1.29 is 20.1 Å². The largest absolute Gasteiger partial charge is 0.481 e. The molecule has 4 nitrogen and oxygen atoms in total. The maximum absolute atomic E-state index is 10.5. The van der Waals surface area contributed by atoms with Crippen LogP contribution in [0.3, 0.4) is 0 Å². The fraction of sp³-hybridized carbons (Fsp3) is 0.773. The van der Waals surface area contributed by atoms with Crippen LogP contribution in [0.25, 0.3) is 0 Å². The first-order valence-electron chi connectivity index (χ1n) is 10.4. The summed E-state index contributed by atoms with van der Waals surface area (Å²) < 4.78 is 0. The lowest BCUT2D eigenvalue weighted by Gasteiger charge is -2.45. The first-order valence-corrected chi connectivity index (χ1v) is 10.9. The molecule has 0 aromatic heterocycles. The first-order chi connectivity index (χ1) is 12.9. The Morgan fingerprint density at radius 1 is 1.30 bits per heavy atom. The molecule has 0 saturated heterocycles. The second-order valence-corrected chi connectivity index (χ2v) is 8.86. The van der Waals surface area contributed by atoms with Crippen LogP contribution in [0.15, 0.2) is 24.3 Å². The molecule has 0 bridgehead atoms. The van der Waals surface area contributed by atoms with Gasteiger partial charge in [-0.05, 0) is 62.7 Å². The predicted molar refractivity (Wildman–Crippen MR) is 109 cm³/mol. The highest BCUT2D eigenvalue weighted by atomic mass is 35.5. The van der Waals surface area contributed by atoms with Crippen LogP contribution < -0.4 is 0 Å². The molecule has 2 rings (SSSR count). The van der Waals surface area contributed by atoms with E-state index >= 15 is 0 Å². The molecule has 2 aliphatic rings. The van der Waals surface area contributed by atoms with E-state index in [0.29, 0.717) is 19.3 Å². The summed E-state index contributed by atoms with van der Waals surface area (Å²) in [4.78, 5) is 10.5. The number of hydrogen-bond donors (Lipinski definition) is 3. The highest BCUT2D eigenvalue weighted by Gasteiger charge is 2.42. The number of alkyl halides is 1. The molecule has 0 heterocycles. The lowest BCUT2D eigenvalue weighted by molar-refractivity contribution is -0.137. The van der Waals surface area contributed by atoms with E-state index in [1.165, 1.54) is 6.42 Å². The average molecular weight is 399 g/mol. The number of rotatable bonds is 11. The van der Waals surface area contributed by atoms with Crippen molar-refractivity contribution in [2.24, 2.45) is 17.3 Å². The molecule has 154 valence electrons. The van der Waals surface area contributed by atoms with Crippen LogP contribution in [0.1, 0.15) is 71.1 Å². The minimum atomic E-state index is -0.762. The summed E-state index contributed by atoms with van der Waals surface area (Å²) in [6, 6.07) is 0. The first kappa shape index (κ1) is 22.4. The molecular formula is C22H35ClO4. The van der Waals surface area contributed by atoms with Gasteiger partial charge in [0.2, 0.25) is 0 Å². The third kappa shape index (κ3) is 6.07. The Morgan fingerprint density at radius 3 is 2.63 bits per heavy atom. The van der Waals surface area contributed by atoms with E-state index in [2.05, 4.69) is 19.1 Å². The fourth-order valence-electron chi connectivity index (χ4n) is 4.58. The minimum Gasteiger partial charge on any atom is -0.481 e. The molecule has 0 spiro atoms. The third-order valence-electron chi connectivity index (χ3n) is 6.68. The Hall–Kier alpha value is -0.840. The molecule has 2 aliphatic carbocycles. The minimum absolute atomic E-state index is 0.0161. The molecule has 0 aliphatic heterocycles. The van der Waals surface area contributed by atoms with E-state index in [9.17, 15) is 15.0 Å². The van der Waals surface area contributed by atoms with E-state index in [0.717, 1.165) is 32.1 Å². The normalized spacial score (nSPS) is 31.4. The van der Waals surface area contributed by atoms with E-state index in [4.69, 9.17) is 16.7 Å². The van der Waals surface area contributed by atoms with Crippen LogP contribution in [0.5, 0.6) is 0 Å². The Bertz CT molecular complexity index is 521. The summed E-state index contributed by atoms with van der Waals surface area (Å²) in [5.74, 6) is -0.570. The van der Waals surface area contributed by atoms with Crippen LogP contribution >= 0.6 is 11.6 Å². The summed E-state index contributed by atoms with van der Waals surface area (Å²) in [6.45, 7) is 2.16. The second kappa shape index (κ2) is 10.6. The van der Waals surface area contributed by atoms with Crippen LogP contribution in [0, 0.1) is 17.3 Å². The van der Waals surface area contributed by atoms with Crippen molar-refractivity contribution >= 4 is 17.6 Å². The Morgan fingerprint density at radius 2 is 2.04 bits per heavy atom. The Labute approximate surface area is 168 Å². The van der Waals surface area contributed by atoms with Gasteiger partial charge < -0.3 is 15.3 Å². The molecule has 0 aromatic carbocycles. The quantitative estimate of drug-likeness (QED) is 0.268. The molecule has 2 fully saturated rings. The van der Waals surface area contributed by atoms with Gasteiger partial charge in [0.25, 0.3) is 0 Å². The number of aliphatic carboxylic acids is 1. The van der Waals surface area contributed by atoms with E-state index < -0.39 is 12.1 Å². The van der Waals surface area contributed by atoms with Gasteiger partial charge in [-0.15, -0.1) is 11.6 Å². The highest BCUT2D eigenvalue weighted by Crippen LogP contribution is 2.47. The number of halogens is 1. The standard InChI is InChI=1S/C22H35ClO4/c1-2-22(13-8-14-22)20(25)11-7-10-17-16(18(23)15-19(17)24)9-5-3-4-6-12-21(26)27/h3,5,7,10,16-20,24-25H,2,4,6,8-9,11-15H2,1H3,(H,26,27)/b5-3-,10-7+/t16-,17-,18-,19-,20-/m1/s1. The lowest BCUT2D eigenvalue weighted by Crippen LogP contribution is -2.40. The maximum Gasteiger partial charge on any atom is 0.303 e. The van der Waals surface area contributed by atoms with Crippen molar-refractivity contribution in [3.63, 3.8) is 0 Å². The molecular weight excluding hydrogens is 364 g/mol. The third-order valence-corrected chi connectivity index (χ3v) is 7.19. The van der Waals surface area contributed by atoms with Gasteiger partial charge in [-0.1, -0.05) is 37.6 Å². The predicted octanol–water partition coefficient (Wildman–Crippen LogP) is 4.68. The maximum atomic E-state index is 10.5. The van der Waals surface area contributed by atoms with E-state index in [1.807, 2.05) is 12.2 Å². The molecule has 0 unspecified atom stereocenters. The summed E-state index contributed by atoms with van der Waals surface area (Å²) in [7, 11) is 0. The SMILES string of the molecule is CCC1([C@H](O)C/C=C/[C@@H]2[C@@H](C/C=C\CCCC(=O)O)[C@H](Cl)C[C@H]2O)CCC1. The number of hydrogen-bond acceptors (Lipinski definition) is 3. The molecule has 0 aromatic rings.